The van der Waals surface area contributed by atoms with Crippen LogP contribution in [0, 0.1) is 30.5 Å². The lowest BCUT2D eigenvalue weighted by Crippen LogP contribution is -2.55. The number of aromatic nitrogens is 7. The number of primary amides is 1. The minimum absolute atomic E-state index is 0.00392. The lowest BCUT2D eigenvalue weighted by Gasteiger charge is -2.27. The third-order valence-electron chi connectivity index (χ3n) is 16.3. The average Bonchev–Trinajstić information content (AvgIpc) is 1.63. The summed E-state index contributed by atoms with van der Waals surface area (Å²) in [5.74, 6) is 2.15. The number of hydrogen-bond donors (Lipinski definition) is 8. The molecular weight excluding hydrogens is 1550 g/mol. The summed E-state index contributed by atoms with van der Waals surface area (Å²) in [6, 6.07) is 15.6. The van der Waals surface area contributed by atoms with Gasteiger partial charge in [-0.25, -0.2) is 38.2 Å². The molecule has 0 fully saturated rings. The first-order valence-electron chi connectivity index (χ1n) is 37.6. The summed E-state index contributed by atoms with van der Waals surface area (Å²) in [6.07, 6.45) is 0.962. The van der Waals surface area contributed by atoms with Gasteiger partial charge in [0.1, 0.15) is 30.0 Å². The number of anilines is 5. The van der Waals surface area contributed by atoms with Crippen molar-refractivity contribution in [3.63, 3.8) is 0 Å². The van der Waals surface area contributed by atoms with Crippen LogP contribution in [0.25, 0.3) is 10.2 Å². The van der Waals surface area contributed by atoms with E-state index in [0.717, 1.165) is 15.8 Å². The van der Waals surface area contributed by atoms with E-state index in [1.54, 1.807) is 81.7 Å². The number of aryl methyl sites for hydroxylation is 2. The summed E-state index contributed by atoms with van der Waals surface area (Å²) in [6.45, 7) is 16.2. The number of carbonyl (C=O) groups is 7. The van der Waals surface area contributed by atoms with Crippen molar-refractivity contribution in [1.29, 1.82) is 0 Å². The molecule has 4 heterocycles. The van der Waals surface area contributed by atoms with Gasteiger partial charge in [-0.2, -0.15) is 0 Å². The number of para-hydroxylation sites is 1. The van der Waals surface area contributed by atoms with Crippen LogP contribution in [-0.2, 0) is 99.3 Å². The number of ether oxygens (including phenoxy) is 12. The predicted octanol–water partition coefficient (Wildman–Crippen LogP) is 8.17. The summed E-state index contributed by atoms with van der Waals surface area (Å²) < 4.78 is 85.1. The third kappa shape index (κ3) is 34.6. The van der Waals surface area contributed by atoms with E-state index in [0.29, 0.717) is 161 Å². The molecule has 4 aromatic heterocycles. The molecule has 9 N–H and O–H groups in total. The van der Waals surface area contributed by atoms with Crippen molar-refractivity contribution >= 4 is 102 Å². The number of thiazole rings is 2. The highest BCUT2D eigenvalue weighted by atomic mass is 32.1. The van der Waals surface area contributed by atoms with Gasteiger partial charge in [-0.3, -0.25) is 14.4 Å². The van der Waals surface area contributed by atoms with Crippen LogP contribution in [0.4, 0.5) is 46.4 Å². The van der Waals surface area contributed by atoms with Crippen molar-refractivity contribution in [2.24, 2.45) is 11.7 Å². The number of nitrogens with two attached hydrogens (primary N) is 1. The molecule has 39 heteroatoms. The fourth-order valence-electron chi connectivity index (χ4n) is 10.4. The van der Waals surface area contributed by atoms with E-state index >= 15 is 4.39 Å². The Morgan fingerprint density at radius 1 is 0.698 bits per heavy atom. The molecule has 0 aliphatic rings. The Balaban J connectivity index is 0.861. The normalized spacial score (nSPS) is 11.8. The number of halogens is 1. The van der Waals surface area contributed by atoms with Gasteiger partial charge in [0.05, 0.1) is 161 Å². The number of aliphatic carboxylic acids is 1. The van der Waals surface area contributed by atoms with Gasteiger partial charge >= 0.3 is 30.2 Å². The summed E-state index contributed by atoms with van der Waals surface area (Å²) >= 11 is 2.68. The molecule has 36 nitrogen and oxygen atoms in total. The van der Waals surface area contributed by atoms with Crippen molar-refractivity contribution in [2.45, 2.75) is 118 Å². The number of urea groups is 1. The fraction of sp³-hybridized carbons (Fsp3) is 0.519. The second-order valence-electron chi connectivity index (χ2n) is 27.1. The van der Waals surface area contributed by atoms with E-state index in [-0.39, 0.29) is 88.9 Å². The minimum Gasteiger partial charge on any atom is -0.491 e. The minimum atomic E-state index is -1.20. The molecule has 0 spiro atoms. The Labute approximate surface area is 679 Å². The molecule has 632 valence electrons. The number of alkyl carbamates (subject to hydrolysis) is 1. The molecule has 3 aromatic carbocycles. The van der Waals surface area contributed by atoms with Gasteiger partial charge in [0.25, 0.3) is 0 Å². The quantitative estimate of drug-likeness (QED) is 0.0132. The van der Waals surface area contributed by atoms with Crippen LogP contribution in [0.5, 0.6) is 5.75 Å². The van der Waals surface area contributed by atoms with Crippen LogP contribution in [0.15, 0.2) is 72.9 Å². The smallest absolute Gasteiger partial charge is 0.410 e. The molecule has 2 atom stereocenters. The monoisotopic (exact) mass is 1660 g/mol. The van der Waals surface area contributed by atoms with Crippen LogP contribution < -0.4 is 42.0 Å². The number of nitrogens with zero attached hydrogens (tertiary/aromatic N) is 9. The largest absolute Gasteiger partial charge is 0.491 e. The van der Waals surface area contributed by atoms with Gasteiger partial charge in [0.15, 0.2) is 39.2 Å². The first-order valence-corrected chi connectivity index (χ1v) is 39.2. The molecule has 7 rings (SSSR count). The molecule has 6 amide bonds. The molecule has 116 heavy (non-hydrogen) atoms. The molecule has 0 aliphatic heterocycles. The number of aromatic carboxylic acids is 1. The number of carboxylic acid groups (broad SMARTS) is 2. The number of amides is 6. The molecular formula is C77H104FN15O21S2. The van der Waals surface area contributed by atoms with Gasteiger partial charge in [0, 0.05) is 36.8 Å². The lowest BCUT2D eigenvalue weighted by atomic mass is 10.0. The number of carboxylic acids is 2. The third-order valence-corrected chi connectivity index (χ3v) is 18.4. The number of hydrogen-bond acceptors (Lipinski definition) is 29. The maximum absolute atomic E-state index is 15.5. The first-order chi connectivity index (χ1) is 55.8. The molecule has 0 unspecified atom stereocenters. The van der Waals surface area contributed by atoms with Crippen molar-refractivity contribution in [3.05, 3.63) is 117 Å². The van der Waals surface area contributed by atoms with Gasteiger partial charge in [-0.05, 0) is 125 Å². The van der Waals surface area contributed by atoms with Crippen LogP contribution in [0.3, 0.4) is 0 Å². The maximum Gasteiger partial charge on any atom is 0.410 e. The fourth-order valence-corrected chi connectivity index (χ4v) is 12.3. The standard InChI is InChI=1S/C77H104FN15O21S2/c1-51(2)66(85-75(101)114-77(4,5)6)70(97)82-60(16-11-24-80-72(79)100)69(96)81-56-21-20-54(55(46-56)48-111-50-57-47-93(90-87-57)26-29-104-31-33-106-35-37-108-39-41-110-43-42-109-40-38-107-36-34-105-32-30-103-28-23-65(94)95)49-113-76(102)91(7)25-12-14-53-19-22-61(58(78)45-53)112-27-13-18-63-67(71(98)99)84-74(116-63)92(8)64-44-52(3)68(89-88-64)86-73-83-59-15-9-10-17-62(59)115-73/h9-10,15,17,19-22,44-47,51,60,66H,11,13,16,18,23-43,48-50H2,1-8H3,(H,81,96)(H,82,97)(H,85,101)(H,94,95)(H,98,99)(H3,79,80,100)(H,83,86,89)/t60-,66-/m0/s1. The SMILES string of the molecule is Cc1cc(N(C)c2nc(C(=O)O)c(CCCOc3ccc(C#CCN(C)C(=O)OCc4ccc(NC(=O)[C@H](CCCNC(N)=O)NC(=O)[C@@H](NC(=O)OC(C)(C)C)C(C)C)cc4COCc4cn(CCOCCOCCOCCOCCOCCOCCOCCOCCC(=O)O)nn4)cc3F)s2)nnc1Nc1nc2ccccc2s1. The van der Waals surface area contributed by atoms with E-state index in [1.807, 2.05) is 37.3 Å². The van der Waals surface area contributed by atoms with E-state index in [1.165, 1.54) is 46.8 Å². The van der Waals surface area contributed by atoms with Gasteiger partial charge in [0.2, 0.25) is 11.8 Å². The summed E-state index contributed by atoms with van der Waals surface area (Å²) in [7, 11) is 3.20. The maximum atomic E-state index is 15.5. The van der Waals surface area contributed by atoms with E-state index in [4.69, 9.17) is 67.7 Å². The zero-order chi connectivity index (χ0) is 83.6. The molecule has 0 saturated carbocycles. The zero-order valence-corrected chi connectivity index (χ0v) is 68.0. The van der Waals surface area contributed by atoms with Gasteiger partial charge < -0.3 is 109 Å². The topological polar surface area (TPSA) is 446 Å². The van der Waals surface area contributed by atoms with E-state index < -0.39 is 71.4 Å². The Bertz CT molecular complexity index is 4290. The summed E-state index contributed by atoms with van der Waals surface area (Å²) in [4.78, 5) is 101. The number of carbonyl (C=O) groups excluding carboxylic acids is 5. The second-order valence-corrected chi connectivity index (χ2v) is 29.2. The molecule has 0 radical (unpaired) electrons. The highest BCUT2D eigenvalue weighted by Gasteiger charge is 2.31. The van der Waals surface area contributed by atoms with Crippen molar-refractivity contribution in [2.75, 3.05) is 155 Å². The highest BCUT2D eigenvalue weighted by molar-refractivity contribution is 7.22. The molecule has 7 aromatic rings. The molecule has 0 aliphatic carbocycles. The number of benzene rings is 3. The highest BCUT2D eigenvalue weighted by Crippen LogP contribution is 2.34. The van der Waals surface area contributed by atoms with E-state index in [2.05, 4.69) is 68.9 Å². The number of nitrogens with one attached hydrogen (secondary N) is 5. The Morgan fingerprint density at radius 2 is 1.35 bits per heavy atom. The average molecular weight is 1660 g/mol. The Kier molecular flexibility index (Phi) is 40.1. The van der Waals surface area contributed by atoms with Crippen LogP contribution >= 0.6 is 22.7 Å². The lowest BCUT2D eigenvalue weighted by molar-refractivity contribution is -0.138. The molecule has 0 saturated heterocycles. The number of rotatable bonds is 54. The second kappa shape index (κ2) is 50.2. The Hall–Kier alpha value is -10.4. The zero-order valence-electron chi connectivity index (χ0n) is 66.4. The van der Waals surface area contributed by atoms with Gasteiger partial charge in [-0.15, -0.1) is 26.6 Å². The predicted molar refractivity (Wildman–Crippen MR) is 426 cm³/mol. The van der Waals surface area contributed by atoms with Crippen molar-refractivity contribution < 1.29 is 105 Å². The van der Waals surface area contributed by atoms with Crippen LogP contribution in [0.2, 0.25) is 0 Å². The Morgan fingerprint density at radius 3 is 1.97 bits per heavy atom. The molecule has 0 bridgehead atoms. The van der Waals surface area contributed by atoms with Crippen LogP contribution in [0.1, 0.15) is 104 Å². The first kappa shape index (κ1) is 92.8. The number of fused-ring (bicyclic) bond motifs is 1. The van der Waals surface area contributed by atoms with Gasteiger partial charge in [-0.1, -0.05) is 60.4 Å². The van der Waals surface area contributed by atoms with Crippen molar-refractivity contribution in [1.82, 2.24) is 56.0 Å². The van der Waals surface area contributed by atoms with Crippen molar-refractivity contribution in [3.8, 4) is 17.6 Å². The van der Waals surface area contributed by atoms with Crippen LogP contribution in [-0.4, -0.2) is 249 Å². The summed E-state index contributed by atoms with van der Waals surface area (Å²) in [5.41, 5.74) is 8.02. The van der Waals surface area contributed by atoms with E-state index in [9.17, 15) is 38.7 Å². The summed E-state index contributed by atoms with van der Waals surface area (Å²) in [5, 5.41) is 50.8.